The summed E-state index contributed by atoms with van der Waals surface area (Å²) >= 11 is 0. The standard InChI is InChI=1S/C16H23N3O/c17-15-8-4-1-5-12(15)11-19(14-9-10-14)16(20)18-13-6-2-3-7-13/h1,4-5,8,13-14H,2-3,6-7,9-11,17H2,(H,18,20). The Kier molecular flexibility index (Phi) is 3.81. The lowest BCUT2D eigenvalue weighted by Crippen LogP contribution is -2.44. The number of carbonyl (C=O) groups is 1. The van der Waals surface area contributed by atoms with Crippen molar-refractivity contribution in [2.45, 2.75) is 57.2 Å². The van der Waals surface area contributed by atoms with Crippen LogP contribution >= 0.6 is 0 Å². The quantitative estimate of drug-likeness (QED) is 0.829. The number of nitrogens with zero attached hydrogens (tertiary/aromatic N) is 1. The highest BCUT2D eigenvalue weighted by Gasteiger charge is 2.33. The largest absolute Gasteiger partial charge is 0.398 e. The van der Waals surface area contributed by atoms with E-state index in [0.717, 1.165) is 36.9 Å². The average molecular weight is 273 g/mol. The van der Waals surface area contributed by atoms with Crippen LogP contribution in [0.5, 0.6) is 0 Å². The summed E-state index contributed by atoms with van der Waals surface area (Å²) in [7, 11) is 0. The number of para-hydroxylation sites is 1. The first-order chi connectivity index (χ1) is 9.74. The van der Waals surface area contributed by atoms with Gasteiger partial charge in [0.2, 0.25) is 0 Å². The molecule has 108 valence electrons. The van der Waals surface area contributed by atoms with Gasteiger partial charge in [0, 0.05) is 24.3 Å². The van der Waals surface area contributed by atoms with Crippen molar-refractivity contribution in [3.05, 3.63) is 29.8 Å². The van der Waals surface area contributed by atoms with Gasteiger partial charge in [-0.05, 0) is 37.3 Å². The second kappa shape index (κ2) is 5.73. The van der Waals surface area contributed by atoms with Crippen molar-refractivity contribution >= 4 is 11.7 Å². The third-order valence-corrected chi connectivity index (χ3v) is 4.33. The van der Waals surface area contributed by atoms with Crippen LogP contribution < -0.4 is 11.1 Å². The molecule has 2 saturated carbocycles. The summed E-state index contributed by atoms with van der Waals surface area (Å²) in [5, 5.41) is 3.19. The summed E-state index contributed by atoms with van der Waals surface area (Å²) < 4.78 is 0. The normalized spacial score (nSPS) is 19.0. The van der Waals surface area contributed by atoms with Crippen LogP contribution in [-0.2, 0) is 6.54 Å². The Morgan fingerprint density at radius 3 is 2.55 bits per heavy atom. The molecule has 3 rings (SSSR count). The summed E-state index contributed by atoms with van der Waals surface area (Å²) in [6.07, 6.45) is 6.95. The maximum absolute atomic E-state index is 12.5. The lowest BCUT2D eigenvalue weighted by Gasteiger charge is -2.25. The topological polar surface area (TPSA) is 58.4 Å². The third kappa shape index (κ3) is 3.06. The number of carbonyl (C=O) groups excluding carboxylic acids is 1. The van der Waals surface area contributed by atoms with Crippen LogP contribution in [0, 0.1) is 0 Å². The van der Waals surface area contributed by atoms with Gasteiger partial charge in [0.15, 0.2) is 0 Å². The molecule has 4 nitrogen and oxygen atoms in total. The van der Waals surface area contributed by atoms with Crippen molar-refractivity contribution in [3.63, 3.8) is 0 Å². The average Bonchev–Trinajstić information content (AvgIpc) is 3.15. The monoisotopic (exact) mass is 273 g/mol. The Morgan fingerprint density at radius 1 is 1.20 bits per heavy atom. The minimum absolute atomic E-state index is 0.0858. The first-order valence-electron chi connectivity index (χ1n) is 7.64. The number of urea groups is 1. The lowest BCUT2D eigenvalue weighted by molar-refractivity contribution is 0.188. The fourth-order valence-corrected chi connectivity index (χ4v) is 2.94. The molecule has 1 aromatic carbocycles. The van der Waals surface area contributed by atoms with Crippen molar-refractivity contribution in [1.29, 1.82) is 0 Å². The molecule has 3 N–H and O–H groups in total. The first kappa shape index (κ1) is 13.3. The second-order valence-electron chi connectivity index (χ2n) is 5.99. The molecule has 0 unspecified atom stereocenters. The van der Waals surface area contributed by atoms with Gasteiger partial charge in [-0.1, -0.05) is 31.0 Å². The molecule has 0 heterocycles. The summed E-state index contributed by atoms with van der Waals surface area (Å²) in [6.45, 7) is 0.621. The van der Waals surface area contributed by atoms with Gasteiger partial charge in [-0.15, -0.1) is 0 Å². The minimum Gasteiger partial charge on any atom is -0.398 e. The maximum atomic E-state index is 12.5. The van der Waals surface area contributed by atoms with Gasteiger partial charge in [0.05, 0.1) is 0 Å². The maximum Gasteiger partial charge on any atom is 0.318 e. The fourth-order valence-electron chi connectivity index (χ4n) is 2.94. The van der Waals surface area contributed by atoms with Crippen LogP contribution in [-0.4, -0.2) is 23.0 Å². The molecule has 2 amide bonds. The highest BCUT2D eigenvalue weighted by molar-refractivity contribution is 5.75. The van der Waals surface area contributed by atoms with E-state index in [4.69, 9.17) is 5.73 Å². The molecule has 0 aromatic heterocycles. The van der Waals surface area contributed by atoms with Crippen LogP contribution in [0.1, 0.15) is 44.1 Å². The van der Waals surface area contributed by atoms with E-state index in [1.807, 2.05) is 29.2 Å². The van der Waals surface area contributed by atoms with Crippen LogP contribution in [0.2, 0.25) is 0 Å². The Morgan fingerprint density at radius 2 is 1.90 bits per heavy atom. The van der Waals surface area contributed by atoms with Crippen molar-refractivity contribution in [2.24, 2.45) is 0 Å². The van der Waals surface area contributed by atoms with Crippen LogP contribution in [0.4, 0.5) is 10.5 Å². The van der Waals surface area contributed by atoms with E-state index in [2.05, 4.69) is 5.32 Å². The SMILES string of the molecule is Nc1ccccc1CN(C(=O)NC1CCCC1)C1CC1. The van der Waals surface area contributed by atoms with Gasteiger partial charge in [-0.25, -0.2) is 4.79 Å². The van der Waals surface area contributed by atoms with Gasteiger partial charge in [0.25, 0.3) is 0 Å². The highest BCUT2D eigenvalue weighted by Crippen LogP contribution is 2.30. The number of hydrogen-bond acceptors (Lipinski definition) is 2. The van der Waals surface area contributed by atoms with Crippen LogP contribution in [0.3, 0.4) is 0 Å². The molecule has 2 aliphatic rings. The Balaban J connectivity index is 1.66. The minimum atomic E-state index is 0.0858. The molecule has 0 saturated heterocycles. The number of nitrogens with one attached hydrogen (secondary N) is 1. The summed E-state index contributed by atoms with van der Waals surface area (Å²) in [4.78, 5) is 14.4. The molecule has 0 aliphatic heterocycles. The number of anilines is 1. The zero-order valence-electron chi connectivity index (χ0n) is 11.8. The molecule has 0 spiro atoms. The lowest BCUT2D eigenvalue weighted by atomic mass is 10.1. The van der Waals surface area contributed by atoms with E-state index < -0.39 is 0 Å². The van der Waals surface area contributed by atoms with E-state index in [9.17, 15) is 4.79 Å². The predicted molar refractivity (Wildman–Crippen MR) is 80.2 cm³/mol. The number of benzene rings is 1. The van der Waals surface area contributed by atoms with Crippen molar-refractivity contribution in [2.75, 3.05) is 5.73 Å². The molecule has 1 aromatic rings. The molecular formula is C16H23N3O. The van der Waals surface area contributed by atoms with Crippen LogP contribution in [0.25, 0.3) is 0 Å². The fraction of sp³-hybridized carbons (Fsp3) is 0.562. The van der Waals surface area contributed by atoms with Crippen molar-refractivity contribution < 1.29 is 4.79 Å². The Hall–Kier alpha value is -1.71. The van der Waals surface area contributed by atoms with E-state index in [1.165, 1.54) is 12.8 Å². The molecule has 0 atom stereocenters. The smallest absolute Gasteiger partial charge is 0.318 e. The van der Waals surface area contributed by atoms with Crippen molar-refractivity contribution in [3.8, 4) is 0 Å². The van der Waals surface area contributed by atoms with Crippen LogP contribution in [0.15, 0.2) is 24.3 Å². The number of nitrogens with two attached hydrogens (primary N) is 1. The summed E-state index contributed by atoms with van der Waals surface area (Å²) in [5.74, 6) is 0. The van der Waals surface area contributed by atoms with E-state index in [1.54, 1.807) is 0 Å². The molecule has 2 aliphatic carbocycles. The highest BCUT2D eigenvalue weighted by atomic mass is 16.2. The number of rotatable bonds is 4. The summed E-state index contributed by atoms with van der Waals surface area (Å²) in [6, 6.07) is 8.67. The van der Waals surface area contributed by atoms with E-state index in [0.29, 0.717) is 18.6 Å². The van der Waals surface area contributed by atoms with Gasteiger partial charge < -0.3 is 16.0 Å². The van der Waals surface area contributed by atoms with E-state index in [-0.39, 0.29) is 6.03 Å². The van der Waals surface area contributed by atoms with Gasteiger partial charge >= 0.3 is 6.03 Å². The molecule has 2 fully saturated rings. The Bertz CT molecular complexity index is 478. The number of nitrogen functional groups attached to an aromatic ring is 1. The zero-order chi connectivity index (χ0) is 13.9. The summed E-state index contributed by atoms with van der Waals surface area (Å²) in [5.41, 5.74) is 7.81. The van der Waals surface area contributed by atoms with Gasteiger partial charge in [-0.3, -0.25) is 0 Å². The molecular weight excluding hydrogens is 250 g/mol. The Labute approximate surface area is 120 Å². The zero-order valence-corrected chi connectivity index (χ0v) is 11.8. The molecule has 20 heavy (non-hydrogen) atoms. The predicted octanol–water partition coefficient (Wildman–Crippen LogP) is 2.89. The van der Waals surface area contributed by atoms with Crippen molar-refractivity contribution in [1.82, 2.24) is 10.2 Å². The number of amides is 2. The van der Waals surface area contributed by atoms with Gasteiger partial charge in [0.1, 0.15) is 0 Å². The molecule has 0 radical (unpaired) electrons. The molecule has 0 bridgehead atoms. The third-order valence-electron chi connectivity index (χ3n) is 4.33. The second-order valence-corrected chi connectivity index (χ2v) is 5.99. The number of hydrogen-bond donors (Lipinski definition) is 2. The van der Waals surface area contributed by atoms with Gasteiger partial charge in [-0.2, -0.15) is 0 Å². The van der Waals surface area contributed by atoms with E-state index >= 15 is 0 Å². The first-order valence-corrected chi connectivity index (χ1v) is 7.64. The molecule has 4 heteroatoms.